The van der Waals surface area contributed by atoms with Crippen LogP contribution in [0, 0.1) is 0 Å². The maximum atomic E-state index is 12.9. The van der Waals surface area contributed by atoms with Crippen molar-refractivity contribution in [1.82, 2.24) is 9.36 Å². The Bertz CT molecular complexity index is 1180. The molecule has 1 N–H and O–H groups in total. The smallest absolute Gasteiger partial charge is 0.297 e. The van der Waals surface area contributed by atoms with Gasteiger partial charge in [0.05, 0.1) is 11.3 Å². The van der Waals surface area contributed by atoms with Crippen LogP contribution >= 0.6 is 11.5 Å². The highest BCUT2D eigenvalue weighted by Gasteiger charge is 2.31. The SMILES string of the molecule is O=C(Nc1nc(-c2cccc(C(F)(F)F)c2)ns1)c1cccc(N2C(=O)CCC2=O)c1. The van der Waals surface area contributed by atoms with Gasteiger partial charge in [-0.05, 0) is 30.3 Å². The molecule has 0 spiro atoms. The minimum Gasteiger partial charge on any atom is -0.297 e. The zero-order valence-corrected chi connectivity index (χ0v) is 16.5. The van der Waals surface area contributed by atoms with E-state index in [9.17, 15) is 27.6 Å². The number of imide groups is 1. The number of hydrogen-bond acceptors (Lipinski definition) is 6. The second-order valence-corrected chi connectivity index (χ2v) is 7.38. The predicted octanol–water partition coefficient (Wildman–Crippen LogP) is 4.13. The second kappa shape index (κ2) is 7.91. The number of carbonyl (C=O) groups is 3. The number of benzene rings is 2. The van der Waals surface area contributed by atoms with Crippen molar-refractivity contribution in [1.29, 1.82) is 0 Å². The number of hydrogen-bond donors (Lipinski definition) is 1. The molecule has 3 aromatic rings. The third-order valence-corrected chi connectivity index (χ3v) is 5.14. The topological polar surface area (TPSA) is 92.3 Å². The lowest BCUT2D eigenvalue weighted by molar-refractivity contribution is -0.137. The van der Waals surface area contributed by atoms with Crippen LogP contribution in [0.1, 0.15) is 28.8 Å². The Labute approximate surface area is 177 Å². The molecule has 31 heavy (non-hydrogen) atoms. The number of carbonyl (C=O) groups excluding carboxylic acids is 3. The molecule has 2 heterocycles. The van der Waals surface area contributed by atoms with Gasteiger partial charge in [-0.25, -0.2) is 0 Å². The molecular weight excluding hydrogens is 433 g/mol. The van der Waals surface area contributed by atoms with Gasteiger partial charge in [0.1, 0.15) is 0 Å². The molecule has 1 aromatic heterocycles. The summed E-state index contributed by atoms with van der Waals surface area (Å²) in [6.45, 7) is 0. The van der Waals surface area contributed by atoms with Gasteiger partial charge >= 0.3 is 6.18 Å². The van der Waals surface area contributed by atoms with Crippen LogP contribution in [0.3, 0.4) is 0 Å². The number of rotatable bonds is 4. The van der Waals surface area contributed by atoms with Crippen LogP contribution in [0.2, 0.25) is 0 Å². The molecular formula is C20H13F3N4O3S. The largest absolute Gasteiger partial charge is 0.416 e. The highest BCUT2D eigenvalue weighted by Crippen LogP contribution is 2.32. The van der Waals surface area contributed by atoms with Crippen LogP contribution < -0.4 is 10.2 Å². The summed E-state index contributed by atoms with van der Waals surface area (Å²) < 4.78 is 42.7. The normalized spacial score (nSPS) is 14.2. The van der Waals surface area contributed by atoms with Gasteiger partial charge in [-0.2, -0.15) is 22.5 Å². The van der Waals surface area contributed by atoms with E-state index in [1.54, 1.807) is 6.07 Å². The Morgan fingerprint density at radius 2 is 1.74 bits per heavy atom. The van der Waals surface area contributed by atoms with E-state index in [-0.39, 0.29) is 46.7 Å². The molecule has 0 radical (unpaired) electrons. The van der Waals surface area contributed by atoms with E-state index in [4.69, 9.17) is 0 Å². The van der Waals surface area contributed by atoms with Crippen LogP contribution in [0.5, 0.6) is 0 Å². The summed E-state index contributed by atoms with van der Waals surface area (Å²) in [4.78, 5) is 41.5. The van der Waals surface area contributed by atoms with Crippen LogP contribution in [-0.2, 0) is 15.8 Å². The van der Waals surface area contributed by atoms with Crippen molar-refractivity contribution in [2.45, 2.75) is 19.0 Å². The summed E-state index contributed by atoms with van der Waals surface area (Å²) in [6, 6.07) is 10.6. The fourth-order valence-corrected chi connectivity index (χ4v) is 3.63. The van der Waals surface area contributed by atoms with Gasteiger partial charge in [0, 0.05) is 35.5 Å². The van der Waals surface area contributed by atoms with Gasteiger partial charge in [0.15, 0.2) is 5.82 Å². The van der Waals surface area contributed by atoms with Gasteiger partial charge in [-0.15, -0.1) is 0 Å². The summed E-state index contributed by atoms with van der Waals surface area (Å²) in [7, 11) is 0. The zero-order chi connectivity index (χ0) is 22.2. The number of halogens is 3. The number of anilines is 2. The number of aromatic nitrogens is 2. The summed E-state index contributed by atoms with van der Waals surface area (Å²) >= 11 is 0.818. The molecule has 0 atom stereocenters. The van der Waals surface area contributed by atoms with E-state index in [1.807, 2.05) is 0 Å². The third kappa shape index (κ3) is 4.31. The van der Waals surface area contributed by atoms with Crippen molar-refractivity contribution < 1.29 is 27.6 Å². The molecule has 3 amide bonds. The van der Waals surface area contributed by atoms with Crippen molar-refractivity contribution in [3.8, 4) is 11.4 Å². The fourth-order valence-electron chi connectivity index (χ4n) is 3.05. The Balaban J connectivity index is 1.52. The van der Waals surface area contributed by atoms with E-state index in [0.717, 1.165) is 28.6 Å². The maximum Gasteiger partial charge on any atom is 0.416 e. The van der Waals surface area contributed by atoms with Gasteiger partial charge in [0.25, 0.3) is 5.91 Å². The van der Waals surface area contributed by atoms with E-state index in [0.29, 0.717) is 5.69 Å². The number of nitrogens with zero attached hydrogens (tertiary/aromatic N) is 3. The summed E-state index contributed by atoms with van der Waals surface area (Å²) in [5, 5.41) is 2.62. The second-order valence-electron chi connectivity index (χ2n) is 6.63. The first-order valence-corrected chi connectivity index (χ1v) is 9.78. The quantitative estimate of drug-likeness (QED) is 0.609. The molecule has 0 bridgehead atoms. The molecule has 1 saturated heterocycles. The molecule has 11 heteroatoms. The highest BCUT2D eigenvalue weighted by molar-refractivity contribution is 7.10. The Morgan fingerprint density at radius 3 is 2.45 bits per heavy atom. The first-order chi connectivity index (χ1) is 14.7. The molecule has 0 unspecified atom stereocenters. The average Bonchev–Trinajstić information content (AvgIpc) is 3.34. The third-order valence-electron chi connectivity index (χ3n) is 4.51. The lowest BCUT2D eigenvalue weighted by Crippen LogP contribution is -2.28. The van der Waals surface area contributed by atoms with Gasteiger partial charge in [-0.3, -0.25) is 24.6 Å². The van der Waals surface area contributed by atoms with Crippen molar-refractivity contribution in [3.63, 3.8) is 0 Å². The van der Waals surface area contributed by atoms with Crippen LogP contribution in [-0.4, -0.2) is 27.1 Å². The van der Waals surface area contributed by atoms with E-state index in [2.05, 4.69) is 14.7 Å². The molecule has 1 fully saturated rings. The molecule has 0 aliphatic carbocycles. The first-order valence-electron chi connectivity index (χ1n) is 9.01. The minimum atomic E-state index is -4.49. The maximum absolute atomic E-state index is 12.9. The van der Waals surface area contributed by atoms with E-state index in [1.165, 1.54) is 30.3 Å². The van der Waals surface area contributed by atoms with Crippen molar-refractivity contribution in [3.05, 3.63) is 59.7 Å². The molecule has 0 saturated carbocycles. The van der Waals surface area contributed by atoms with Gasteiger partial charge in [0.2, 0.25) is 16.9 Å². The summed E-state index contributed by atoms with van der Waals surface area (Å²) in [5.74, 6) is -1.18. The molecule has 7 nitrogen and oxygen atoms in total. The predicted molar refractivity (Wildman–Crippen MR) is 106 cm³/mol. The van der Waals surface area contributed by atoms with Gasteiger partial charge < -0.3 is 0 Å². The average molecular weight is 446 g/mol. The van der Waals surface area contributed by atoms with Crippen LogP contribution in [0.4, 0.5) is 24.0 Å². The molecule has 2 aromatic carbocycles. The number of nitrogens with one attached hydrogen (secondary N) is 1. The van der Waals surface area contributed by atoms with Crippen molar-refractivity contribution in [2.24, 2.45) is 0 Å². The van der Waals surface area contributed by atoms with Crippen molar-refractivity contribution >= 4 is 40.1 Å². The standard InChI is InChI=1S/C20H13F3N4O3S/c21-20(22,23)13-5-1-3-11(9-13)17-24-19(31-26-17)25-18(30)12-4-2-6-14(10-12)27-15(28)7-8-16(27)29/h1-6,9-10H,7-8H2,(H,24,25,26,30). The number of alkyl halides is 3. The fraction of sp³-hybridized carbons (Fsp3) is 0.150. The Morgan fingerprint density at radius 1 is 1.03 bits per heavy atom. The van der Waals surface area contributed by atoms with Crippen LogP contribution in [0.15, 0.2) is 48.5 Å². The van der Waals surface area contributed by atoms with Crippen molar-refractivity contribution in [2.75, 3.05) is 10.2 Å². The zero-order valence-electron chi connectivity index (χ0n) is 15.6. The minimum absolute atomic E-state index is 0.0495. The van der Waals surface area contributed by atoms with Gasteiger partial charge in [-0.1, -0.05) is 18.2 Å². The molecule has 1 aliphatic heterocycles. The van der Waals surface area contributed by atoms with E-state index < -0.39 is 17.6 Å². The number of amides is 3. The molecule has 158 valence electrons. The lowest BCUT2D eigenvalue weighted by atomic mass is 10.1. The first kappa shape index (κ1) is 20.7. The molecule has 4 rings (SSSR count). The Hall–Kier alpha value is -3.60. The Kier molecular flexibility index (Phi) is 5.27. The lowest BCUT2D eigenvalue weighted by Gasteiger charge is -2.14. The van der Waals surface area contributed by atoms with E-state index >= 15 is 0 Å². The summed E-state index contributed by atoms with van der Waals surface area (Å²) in [5.41, 5.74) is -0.185. The van der Waals surface area contributed by atoms with Crippen LogP contribution in [0.25, 0.3) is 11.4 Å². The molecule has 1 aliphatic rings. The highest BCUT2D eigenvalue weighted by atomic mass is 32.1. The summed E-state index contributed by atoms with van der Waals surface area (Å²) in [6.07, 6.45) is -4.25. The monoisotopic (exact) mass is 446 g/mol.